The average molecular weight is 182 g/mol. The number of para-hydroxylation sites is 1. The van der Waals surface area contributed by atoms with Crippen molar-refractivity contribution in [1.82, 2.24) is 0 Å². The molecule has 13 heavy (non-hydrogen) atoms. The summed E-state index contributed by atoms with van der Waals surface area (Å²) in [5.74, 6) is 0.699. The molecule has 1 atom stereocenters. The van der Waals surface area contributed by atoms with Gasteiger partial charge in [-0.05, 0) is 19.1 Å². The van der Waals surface area contributed by atoms with E-state index in [0.717, 1.165) is 0 Å². The number of methoxy groups -OCH3 is 1. The maximum atomic E-state index is 5.04. The normalized spacial score (nSPS) is 12.5. The highest BCUT2D eigenvalue weighted by Crippen LogP contribution is 2.09. The molecule has 0 amide bonds. The molecule has 0 aliphatic carbocycles. The first-order valence-corrected chi connectivity index (χ1v) is 4.20. The highest BCUT2D eigenvalue weighted by Gasteiger charge is 2.02. The molecule has 72 valence electrons. The minimum atomic E-state index is -0.0646. The van der Waals surface area contributed by atoms with Gasteiger partial charge in [0.1, 0.15) is 6.10 Å². The summed E-state index contributed by atoms with van der Waals surface area (Å²) in [6.45, 7) is 2.40. The summed E-state index contributed by atoms with van der Waals surface area (Å²) in [6, 6.07) is 9.36. The van der Waals surface area contributed by atoms with Crippen molar-refractivity contribution in [2.75, 3.05) is 13.7 Å². The van der Waals surface area contributed by atoms with E-state index >= 15 is 0 Å². The van der Waals surface area contributed by atoms with Gasteiger partial charge in [0.05, 0.1) is 6.61 Å². The Labute approximate surface area is 78.2 Å². The van der Waals surface area contributed by atoms with Gasteiger partial charge in [0.25, 0.3) is 0 Å². The smallest absolute Gasteiger partial charge is 0.165 e. The lowest BCUT2D eigenvalue weighted by atomic mass is 10.3. The Balaban J connectivity index is 2.27. The van der Waals surface area contributed by atoms with Crippen molar-refractivity contribution in [3.8, 4) is 5.75 Å². The maximum absolute atomic E-state index is 5.04. The topological polar surface area (TPSA) is 27.7 Å². The largest absolute Gasteiger partial charge is 0.382 e. The molecule has 1 aromatic rings. The zero-order valence-corrected chi connectivity index (χ0v) is 7.90. The molecule has 1 rings (SSSR count). The van der Waals surface area contributed by atoms with Crippen LogP contribution in [0.25, 0.3) is 0 Å². The molecule has 0 spiro atoms. The third-order valence-corrected chi connectivity index (χ3v) is 1.45. The second kappa shape index (κ2) is 5.56. The molecular formula is C10H14O3. The molecule has 3 nitrogen and oxygen atoms in total. The van der Waals surface area contributed by atoms with Crippen molar-refractivity contribution >= 4 is 0 Å². The summed E-state index contributed by atoms with van der Waals surface area (Å²) in [6.07, 6.45) is -0.0646. The van der Waals surface area contributed by atoms with Crippen LogP contribution in [0.5, 0.6) is 5.75 Å². The molecule has 0 fully saturated rings. The van der Waals surface area contributed by atoms with Crippen molar-refractivity contribution in [3.05, 3.63) is 30.3 Å². The van der Waals surface area contributed by atoms with Gasteiger partial charge in [0.2, 0.25) is 0 Å². The zero-order valence-electron chi connectivity index (χ0n) is 7.90. The van der Waals surface area contributed by atoms with E-state index < -0.39 is 0 Å². The van der Waals surface area contributed by atoms with Crippen LogP contribution in [0.3, 0.4) is 0 Å². The minimum Gasteiger partial charge on any atom is -0.382 e. The Hall–Kier alpha value is -1.06. The quantitative estimate of drug-likeness (QED) is 0.515. The van der Waals surface area contributed by atoms with Crippen LogP contribution in [-0.2, 0) is 9.62 Å². The third kappa shape index (κ3) is 3.92. The Morgan fingerprint density at radius 2 is 1.92 bits per heavy atom. The molecule has 1 aromatic carbocycles. The lowest BCUT2D eigenvalue weighted by Crippen LogP contribution is -2.16. The van der Waals surface area contributed by atoms with Gasteiger partial charge in [-0.1, -0.05) is 18.2 Å². The van der Waals surface area contributed by atoms with Crippen LogP contribution in [-0.4, -0.2) is 19.8 Å². The monoisotopic (exact) mass is 182 g/mol. The minimum absolute atomic E-state index is 0.0646. The van der Waals surface area contributed by atoms with Crippen LogP contribution < -0.4 is 4.89 Å². The standard InChI is InChI=1S/C10H14O3/c1-9(8-11-2)12-13-10-6-4-3-5-7-10/h3-7,9H,8H2,1-2H3. The summed E-state index contributed by atoms with van der Waals surface area (Å²) in [5.41, 5.74) is 0. The fourth-order valence-corrected chi connectivity index (χ4v) is 0.876. The first kappa shape index (κ1) is 10.0. The van der Waals surface area contributed by atoms with Crippen molar-refractivity contribution in [1.29, 1.82) is 0 Å². The van der Waals surface area contributed by atoms with Crippen molar-refractivity contribution < 1.29 is 14.5 Å². The summed E-state index contributed by atoms with van der Waals surface area (Å²) in [7, 11) is 1.63. The van der Waals surface area contributed by atoms with E-state index in [2.05, 4.69) is 0 Å². The fraction of sp³-hybridized carbons (Fsp3) is 0.400. The van der Waals surface area contributed by atoms with Gasteiger partial charge in [-0.3, -0.25) is 0 Å². The number of rotatable bonds is 5. The van der Waals surface area contributed by atoms with Gasteiger partial charge in [0, 0.05) is 7.11 Å². The molecule has 0 aliphatic heterocycles. The second-order valence-electron chi connectivity index (χ2n) is 2.76. The predicted octanol–water partition coefficient (Wildman–Crippen LogP) is 2.03. The maximum Gasteiger partial charge on any atom is 0.165 e. The van der Waals surface area contributed by atoms with Crippen LogP contribution in [0.15, 0.2) is 30.3 Å². The van der Waals surface area contributed by atoms with Crippen LogP contribution in [0.1, 0.15) is 6.92 Å². The Morgan fingerprint density at radius 1 is 1.23 bits per heavy atom. The second-order valence-corrected chi connectivity index (χ2v) is 2.76. The van der Waals surface area contributed by atoms with Crippen molar-refractivity contribution in [2.45, 2.75) is 13.0 Å². The number of ether oxygens (including phenoxy) is 1. The van der Waals surface area contributed by atoms with Gasteiger partial charge in [-0.25, -0.2) is 0 Å². The lowest BCUT2D eigenvalue weighted by Gasteiger charge is -2.10. The molecular weight excluding hydrogens is 168 g/mol. The lowest BCUT2D eigenvalue weighted by molar-refractivity contribution is -0.248. The van der Waals surface area contributed by atoms with E-state index in [0.29, 0.717) is 12.4 Å². The molecule has 0 bridgehead atoms. The first-order chi connectivity index (χ1) is 6.33. The molecule has 0 saturated heterocycles. The van der Waals surface area contributed by atoms with Gasteiger partial charge >= 0.3 is 0 Å². The van der Waals surface area contributed by atoms with Gasteiger partial charge in [-0.15, -0.1) is 0 Å². The SMILES string of the molecule is COCC(C)OOc1ccccc1. The highest BCUT2D eigenvalue weighted by atomic mass is 17.2. The molecule has 0 heterocycles. The Bertz CT molecular complexity index is 223. The van der Waals surface area contributed by atoms with E-state index in [1.54, 1.807) is 7.11 Å². The number of hydrogen-bond acceptors (Lipinski definition) is 3. The first-order valence-electron chi connectivity index (χ1n) is 4.20. The predicted molar refractivity (Wildman–Crippen MR) is 49.5 cm³/mol. The summed E-state index contributed by atoms with van der Waals surface area (Å²) in [4.78, 5) is 10.1. The Morgan fingerprint density at radius 3 is 2.54 bits per heavy atom. The van der Waals surface area contributed by atoms with Crippen molar-refractivity contribution in [3.63, 3.8) is 0 Å². The van der Waals surface area contributed by atoms with E-state index in [-0.39, 0.29) is 6.10 Å². The third-order valence-electron chi connectivity index (χ3n) is 1.45. The van der Waals surface area contributed by atoms with E-state index in [1.807, 2.05) is 37.3 Å². The summed E-state index contributed by atoms with van der Waals surface area (Å²) < 4.78 is 4.89. The zero-order chi connectivity index (χ0) is 9.52. The molecule has 0 aromatic heterocycles. The highest BCUT2D eigenvalue weighted by molar-refractivity contribution is 5.20. The van der Waals surface area contributed by atoms with E-state index in [4.69, 9.17) is 14.5 Å². The van der Waals surface area contributed by atoms with Crippen LogP contribution in [0.4, 0.5) is 0 Å². The number of hydrogen-bond donors (Lipinski definition) is 0. The molecule has 0 N–H and O–H groups in total. The summed E-state index contributed by atoms with van der Waals surface area (Å²) >= 11 is 0. The summed E-state index contributed by atoms with van der Waals surface area (Å²) in [5, 5.41) is 0. The van der Waals surface area contributed by atoms with Crippen LogP contribution >= 0.6 is 0 Å². The molecule has 0 aliphatic rings. The van der Waals surface area contributed by atoms with Crippen LogP contribution in [0, 0.1) is 0 Å². The average Bonchev–Trinajstić information content (AvgIpc) is 2.17. The van der Waals surface area contributed by atoms with E-state index in [1.165, 1.54) is 0 Å². The van der Waals surface area contributed by atoms with Gasteiger partial charge in [0.15, 0.2) is 5.75 Å². The fourth-order valence-electron chi connectivity index (χ4n) is 0.876. The molecule has 3 heteroatoms. The molecule has 1 unspecified atom stereocenters. The van der Waals surface area contributed by atoms with E-state index in [9.17, 15) is 0 Å². The van der Waals surface area contributed by atoms with Crippen LogP contribution in [0.2, 0.25) is 0 Å². The van der Waals surface area contributed by atoms with Crippen molar-refractivity contribution in [2.24, 2.45) is 0 Å². The number of benzene rings is 1. The van der Waals surface area contributed by atoms with Gasteiger partial charge in [-0.2, -0.15) is 4.89 Å². The van der Waals surface area contributed by atoms with Gasteiger partial charge < -0.3 is 9.62 Å². The molecule has 0 radical (unpaired) electrons. The Kier molecular flexibility index (Phi) is 4.29. The molecule has 0 saturated carbocycles.